The summed E-state index contributed by atoms with van der Waals surface area (Å²) >= 11 is 0.912. The van der Waals surface area contributed by atoms with Gasteiger partial charge in [-0.25, -0.2) is 8.42 Å². The van der Waals surface area contributed by atoms with Crippen molar-refractivity contribution in [3.8, 4) is 11.8 Å². The zero-order chi connectivity index (χ0) is 65.8. The van der Waals surface area contributed by atoms with Gasteiger partial charge in [0.05, 0.1) is 15.0 Å². The molecule has 4 aromatic rings. The number of fused-ring (bicyclic) bond motifs is 3. The topological polar surface area (TPSA) is 332 Å². The number of piperidine rings is 2. The van der Waals surface area contributed by atoms with Crippen LogP contribution >= 0.6 is 18.9 Å². The molecule has 492 valence electrons. The standard InChI is InChI=1S/C64H76F2N9O14PS2/c1-2-72-30-29-43-18-22-52(75(43)63(84)50(37-72)70-60(81)54-35-41-34-42(17-24-53(41)91-54)64(65,66)90(85,86)87)59(80)68-48(21-25-55(67)76)57(78)69-49(33-39-15-19-45(20-16-39)92(88,89)44-12-4-3-5-13-44)62(83)73-31-27-38(28-32-73)9-6-7-10-40-11-8-14-46-47(40)36-74(61(46)82)51-23-26-56(77)71-58(51)79/h8,11,14-17,19-20,24,34-35,38,43-44,48-52H,2-6,9,12-13,18,21-23,25-33,36-37H2,1H3,(H2,67,76)(H,68,80)(H,69,78)(H,70,81)(H,71,77,79)(H2,85,86,87)/t43-,48+,49+,50+,51?,52+/m1/s1. The third-order valence-electron chi connectivity index (χ3n) is 18.8. The summed E-state index contributed by atoms with van der Waals surface area (Å²) in [6.07, 6.45) is 6.80. The van der Waals surface area contributed by atoms with E-state index < -0.39 is 112 Å². The van der Waals surface area contributed by atoms with Crippen molar-refractivity contribution in [1.29, 1.82) is 0 Å². The second kappa shape index (κ2) is 28.4. The van der Waals surface area contributed by atoms with Crippen molar-refractivity contribution in [3.63, 3.8) is 0 Å². The Morgan fingerprint density at radius 1 is 0.880 bits per heavy atom. The molecule has 4 saturated heterocycles. The quantitative estimate of drug-likeness (QED) is 0.0357. The third kappa shape index (κ3) is 15.0. The summed E-state index contributed by atoms with van der Waals surface area (Å²) in [5.41, 5.74) is 2.56. The summed E-state index contributed by atoms with van der Waals surface area (Å²) in [6, 6.07) is 9.46. The molecule has 6 aliphatic rings. The van der Waals surface area contributed by atoms with E-state index >= 15 is 0 Å². The Bertz CT molecular complexity index is 3780. The molecule has 8 N–H and O–H groups in total. The fourth-order valence-electron chi connectivity index (χ4n) is 13.5. The highest BCUT2D eigenvalue weighted by atomic mass is 32.2. The molecule has 0 spiro atoms. The summed E-state index contributed by atoms with van der Waals surface area (Å²) < 4.78 is 68.7. The molecule has 1 aliphatic carbocycles. The Morgan fingerprint density at radius 3 is 2.32 bits per heavy atom. The van der Waals surface area contributed by atoms with Crippen LogP contribution in [0.4, 0.5) is 8.78 Å². The Hall–Kier alpha value is -7.47. The lowest BCUT2D eigenvalue weighted by atomic mass is 9.91. The number of amides is 9. The van der Waals surface area contributed by atoms with Crippen molar-refractivity contribution >= 4 is 92.0 Å². The second-order valence-electron chi connectivity index (χ2n) is 24.8. The van der Waals surface area contributed by atoms with E-state index in [9.17, 15) is 74.7 Å². The zero-order valence-corrected chi connectivity index (χ0v) is 53.4. The molecule has 28 heteroatoms. The minimum atomic E-state index is -5.89. The summed E-state index contributed by atoms with van der Waals surface area (Å²) in [5.74, 6) is 1.37. The molecular formula is C64H76F2N9O14PS2. The van der Waals surface area contributed by atoms with Gasteiger partial charge in [-0.15, -0.1) is 11.3 Å². The number of alkyl halides is 2. The zero-order valence-electron chi connectivity index (χ0n) is 50.9. The molecule has 5 fully saturated rings. The predicted octanol–water partition coefficient (Wildman–Crippen LogP) is 4.73. The van der Waals surface area contributed by atoms with Gasteiger partial charge in [0, 0.05) is 85.8 Å². The fraction of sp³-hybridized carbons (Fsp3) is 0.516. The van der Waals surface area contributed by atoms with Crippen molar-refractivity contribution in [3.05, 3.63) is 99.4 Å². The van der Waals surface area contributed by atoms with Gasteiger partial charge in [-0.1, -0.05) is 62.3 Å². The Balaban J connectivity index is 0.824. The second-order valence-corrected chi connectivity index (χ2v) is 29.7. The van der Waals surface area contributed by atoms with Crippen LogP contribution in [0.25, 0.3) is 10.1 Å². The molecule has 6 heterocycles. The van der Waals surface area contributed by atoms with Gasteiger partial charge in [0.2, 0.25) is 41.4 Å². The Morgan fingerprint density at radius 2 is 1.62 bits per heavy atom. The van der Waals surface area contributed by atoms with E-state index in [2.05, 4.69) is 33.1 Å². The molecule has 10 rings (SSSR count). The number of carbonyl (C=O) groups is 9. The van der Waals surface area contributed by atoms with E-state index in [1.165, 1.54) is 34.1 Å². The molecule has 92 heavy (non-hydrogen) atoms. The maximum atomic E-state index is 14.8. The third-order valence-corrected chi connectivity index (χ3v) is 23.2. The Labute approximate surface area is 535 Å². The fourth-order valence-corrected chi connectivity index (χ4v) is 16.8. The number of likely N-dealkylation sites (tertiary alicyclic amines) is 1. The van der Waals surface area contributed by atoms with Crippen molar-refractivity contribution in [1.82, 2.24) is 40.9 Å². The lowest BCUT2D eigenvalue weighted by molar-refractivity contribution is -0.144. The van der Waals surface area contributed by atoms with Crippen LogP contribution in [-0.4, -0.2) is 165 Å². The van der Waals surface area contributed by atoms with Crippen LogP contribution in [0.5, 0.6) is 0 Å². The SMILES string of the molecule is CCN1CC[C@H]2CC[C@@H](C(=O)N[C@@H](CCC(N)=O)C(=O)N[C@@H](Cc3ccc(S(=O)(=O)C4CCCCC4)cc3)C(=O)N3CCC(CCC#Cc4cccc5c4CN(C4CCC(=O)NC4=O)C5=O)CC3)N2C(=O)[C@@H](NC(=O)c2cc3cc(C(F)(F)P(=O)(O)O)ccc3s2)C1. The first-order valence-electron chi connectivity index (χ1n) is 31.4. The normalized spacial score (nSPS) is 21.9. The highest BCUT2D eigenvalue weighted by Crippen LogP contribution is 2.59. The number of nitrogens with one attached hydrogen (secondary N) is 4. The molecule has 0 bridgehead atoms. The number of imide groups is 1. The summed E-state index contributed by atoms with van der Waals surface area (Å²) in [6.45, 7) is 3.74. The minimum Gasteiger partial charge on any atom is -0.370 e. The van der Waals surface area contributed by atoms with Gasteiger partial charge in [0.25, 0.3) is 11.8 Å². The van der Waals surface area contributed by atoms with Crippen molar-refractivity contribution in [2.75, 3.05) is 32.7 Å². The number of rotatable bonds is 20. The average Bonchev–Trinajstić information content (AvgIpc) is 1.93. The molecule has 23 nitrogen and oxygen atoms in total. The number of hydrogen-bond acceptors (Lipinski definition) is 14. The molecule has 5 aliphatic heterocycles. The average molecular weight is 1330 g/mol. The van der Waals surface area contributed by atoms with Crippen LogP contribution in [0.15, 0.2) is 71.6 Å². The van der Waals surface area contributed by atoms with Gasteiger partial charge in [0.15, 0.2) is 9.84 Å². The van der Waals surface area contributed by atoms with Crippen LogP contribution in [-0.2, 0) is 66.6 Å². The van der Waals surface area contributed by atoms with Crippen LogP contribution in [0, 0.1) is 17.8 Å². The van der Waals surface area contributed by atoms with E-state index in [0.29, 0.717) is 98.9 Å². The number of primary amides is 1. The molecule has 6 atom stereocenters. The van der Waals surface area contributed by atoms with E-state index in [-0.39, 0.29) is 84.5 Å². The lowest BCUT2D eigenvalue weighted by Crippen LogP contribution is -2.62. The van der Waals surface area contributed by atoms with Crippen LogP contribution in [0.1, 0.15) is 152 Å². The van der Waals surface area contributed by atoms with E-state index in [1.54, 1.807) is 29.2 Å². The van der Waals surface area contributed by atoms with E-state index in [1.807, 2.05) is 17.9 Å². The van der Waals surface area contributed by atoms with Gasteiger partial charge in [-0.05, 0) is 136 Å². The number of likely N-dealkylation sites (N-methyl/N-ethyl adjacent to an activating group) is 1. The van der Waals surface area contributed by atoms with Gasteiger partial charge in [0.1, 0.15) is 30.2 Å². The molecule has 3 aromatic carbocycles. The van der Waals surface area contributed by atoms with Gasteiger partial charge >= 0.3 is 13.3 Å². The maximum absolute atomic E-state index is 14.8. The summed E-state index contributed by atoms with van der Waals surface area (Å²) in [5, 5.41) is 10.3. The largest absolute Gasteiger partial charge is 0.399 e. The summed E-state index contributed by atoms with van der Waals surface area (Å²) in [4.78, 5) is 149. The smallest absolute Gasteiger partial charge is 0.370 e. The van der Waals surface area contributed by atoms with Gasteiger partial charge < -0.3 is 51.1 Å². The van der Waals surface area contributed by atoms with E-state index in [4.69, 9.17) is 5.73 Å². The lowest BCUT2D eigenvalue weighted by Gasteiger charge is -2.38. The number of sulfone groups is 1. The predicted molar refractivity (Wildman–Crippen MR) is 334 cm³/mol. The molecule has 9 amide bonds. The first kappa shape index (κ1) is 67.4. The highest BCUT2D eigenvalue weighted by molar-refractivity contribution is 7.92. The number of nitrogens with zero attached hydrogens (tertiary/aromatic N) is 4. The number of halogens is 2. The van der Waals surface area contributed by atoms with Crippen molar-refractivity contribution < 1.29 is 74.7 Å². The minimum absolute atomic E-state index is 0.0153. The number of thiophene rings is 1. The number of hydrogen-bond donors (Lipinski definition) is 7. The molecule has 1 unspecified atom stereocenters. The van der Waals surface area contributed by atoms with Crippen molar-refractivity contribution in [2.24, 2.45) is 11.7 Å². The first-order chi connectivity index (χ1) is 43.8. The highest BCUT2D eigenvalue weighted by Gasteiger charge is 2.51. The van der Waals surface area contributed by atoms with Gasteiger partial charge in [-0.2, -0.15) is 8.78 Å². The van der Waals surface area contributed by atoms with E-state index in [0.717, 1.165) is 48.3 Å². The maximum Gasteiger partial charge on any atom is 0.399 e. The number of benzene rings is 3. The van der Waals surface area contributed by atoms with Gasteiger partial charge in [-0.3, -0.25) is 53.0 Å². The monoisotopic (exact) mass is 1330 g/mol. The molecule has 1 saturated carbocycles. The van der Waals surface area contributed by atoms with Crippen LogP contribution in [0.2, 0.25) is 0 Å². The van der Waals surface area contributed by atoms with Crippen molar-refractivity contribution in [2.45, 2.75) is 175 Å². The first-order valence-corrected chi connectivity index (χ1v) is 35.4. The number of carbonyl (C=O) groups excluding carboxylic acids is 9. The molecule has 0 radical (unpaired) electrons. The summed E-state index contributed by atoms with van der Waals surface area (Å²) in [7, 11) is -9.54. The van der Waals surface area contributed by atoms with Crippen LogP contribution < -0.4 is 27.0 Å². The number of nitrogens with two attached hydrogens (primary N) is 1. The molecule has 1 aromatic heterocycles. The van der Waals surface area contributed by atoms with Crippen LogP contribution in [0.3, 0.4) is 0 Å². The molecular weight excluding hydrogens is 1250 g/mol. The Kier molecular flexibility index (Phi) is 20.8.